The van der Waals surface area contributed by atoms with E-state index in [-0.39, 0.29) is 37.0 Å². The van der Waals surface area contributed by atoms with E-state index in [0.717, 1.165) is 28.5 Å². The maximum absolute atomic E-state index is 12.2. The van der Waals surface area contributed by atoms with Crippen LogP contribution in [-0.4, -0.2) is 74.2 Å². The van der Waals surface area contributed by atoms with Crippen molar-refractivity contribution in [3.05, 3.63) is 59.7 Å². The van der Waals surface area contributed by atoms with E-state index in [1.807, 2.05) is 36.4 Å². The van der Waals surface area contributed by atoms with Gasteiger partial charge in [-0.25, -0.2) is 18.0 Å². The predicted octanol–water partition coefficient (Wildman–Crippen LogP) is 2.26. The van der Waals surface area contributed by atoms with Crippen molar-refractivity contribution in [2.45, 2.75) is 18.4 Å². The Bertz CT molecular complexity index is 1140. The SMILES string of the molecule is CS(=O)(=O)CCC(NC(=O)CSCCNC(=O)OCC1c2ccccc2-c2ccccc21)C(=O)O. The van der Waals surface area contributed by atoms with E-state index in [9.17, 15) is 22.8 Å². The first-order chi connectivity index (χ1) is 16.7. The van der Waals surface area contributed by atoms with Gasteiger partial charge >= 0.3 is 12.1 Å². The van der Waals surface area contributed by atoms with Crippen LogP contribution in [0.5, 0.6) is 0 Å². The molecule has 9 nitrogen and oxygen atoms in total. The second-order valence-electron chi connectivity index (χ2n) is 8.18. The molecule has 35 heavy (non-hydrogen) atoms. The summed E-state index contributed by atoms with van der Waals surface area (Å²) in [5, 5.41) is 14.1. The third kappa shape index (κ3) is 7.72. The van der Waals surface area contributed by atoms with Crippen molar-refractivity contribution in [2.75, 3.05) is 36.7 Å². The van der Waals surface area contributed by atoms with E-state index in [1.54, 1.807) is 0 Å². The number of carbonyl (C=O) groups is 3. The Labute approximate surface area is 208 Å². The van der Waals surface area contributed by atoms with Crippen LogP contribution in [0.4, 0.5) is 4.79 Å². The van der Waals surface area contributed by atoms with Gasteiger partial charge in [0.1, 0.15) is 22.5 Å². The molecule has 0 spiro atoms. The van der Waals surface area contributed by atoms with Crippen LogP contribution in [-0.2, 0) is 24.2 Å². The summed E-state index contributed by atoms with van der Waals surface area (Å²) in [4.78, 5) is 35.3. The summed E-state index contributed by atoms with van der Waals surface area (Å²) in [7, 11) is -3.33. The molecule has 188 valence electrons. The molecule has 11 heteroatoms. The number of nitrogens with one attached hydrogen (secondary N) is 2. The van der Waals surface area contributed by atoms with E-state index in [1.165, 1.54) is 11.8 Å². The molecule has 0 fully saturated rings. The quantitative estimate of drug-likeness (QED) is 0.362. The maximum atomic E-state index is 12.2. The van der Waals surface area contributed by atoms with Crippen LogP contribution in [0.3, 0.4) is 0 Å². The Morgan fingerprint density at radius 1 is 1.06 bits per heavy atom. The Hall–Kier alpha value is -3.05. The molecular formula is C24H28N2O7S2. The van der Waals surface area contributed by atoms with Crippen LogP contribution in [0.15, 0.2) is 48.5 Å². The zero-order valence-corrected chi connectivity index (χ0v) is 20.9. The van der Waals surface area contributed by atoms with Crippen LogP contribution >= 0.6 is 11.8 Å². The molecule has 2 aromatic rings. The normalized spacial score (nSPS) is 13.4. The van der Waals surface area contributed by atoms with E-state index < -0.39 is 33.8 Å². The first-order valence-electron chi connectivity index (χ1n) is 11.0. The molecule has 3 rings (SSSR count). The Morgan fingerprint density at radius 2 is 1.66 bits per heavy atom. The number of aliphatic carboxylic acids is 1. The number of carboxylic acid groups (broad SMARTS) is 1. The van der Waals surface area contributed by atoms with E-state index in [2.05, 4.69) is 22.8 Å². The summed E-state index contributed by atoms with van der Waals surface area (Å²) in [6, 6.07) is 14.8. The number of amides is 2. The topological polar surface area (TPSA) is 139 Å². The largest absolute Gasteiger partial charge is 0.480 e. The lowest BCUT2D eigenvalue weighted by Crippen LogP contribution is -2.42. The molecule has 1 aliphatic rings. The highest BCUT2D eigenvalue weighted by Gasteiger charge is 2.29. The number of alkyl carbamates (subject to hydrolysis) is 1. The van der Waals surface area contributed by atoms with Gasteiger partial charge in [-0.05, 0) is 28.7 Å². The van der Waals surface area contributed by atoms with E-state index >= 15 is 0 Å². The number of rotatable bonds is 12. The summed E-state index contributed by atoms with van der Waals surface area (Å²) >= 11 is 1.21. The molecular weight excluding hydrogens is 492 g/mol. The molecule has 1 atom stereocenters. The lowest BCUT2D eigenvalue weighted by atomic mass is 9.98. The molecule has 0 bridgehead atoms. The number of hydrogen-bond acceptors (Lipinski definition) is 7. The second kappa shape index (κ2) is 12.1. The van der Waals surface area contributed by atoms with Gasteiger partial charge in [0, 0.05) is 24.5 Å². The minimum Gasteiger partial charge on any atom is -0.480 e. The molecule has 0 aromatic heterocycles. The minimum atomic E-state index is -3.33. The molecule has 0 radical (unpaired) electrons. The van der Waals surface area contributed by atoms with Gasteiger partial charge in [-0.1, -0.05) is 48.5 Å². The van der Waals surface area contributed by atoms with Crippen molar-refractivity contribution < 1.29 is 32.6 Å². The predicted molar refractivity (Wildman–Crippen MR) is 134 cm³/mol. The number of carboxylic acids is 1. The van der Waals surface area contributed by atoms with Crippen LogP contribution in [0.2, 0.25) is 0 Å². The third-order valence-corrected chi connectivity index (χ3v) is 7.44. The summed E-state index contributed by atoms with van der Waals surface area (Å²) < 4.78 is 27.9. The molecule has 1 aliphatic carbocycles. The van der Waals surface area contributed by atoms with Gasteiger partial charge in [0.2, 0.25) is 5.91 Å². The van der Waals surface area contributed by atoms with Crippen molar-refractivity contribution in [3.8, 4) is 11.1 Å². The highest BCUT2D eigenvalue weighted by molar-refractivity contribution is 7.99. The standard InChI is InChI=1S/C24H28N2O7S2/c1-35(31,32)13-10-21(23(28)29)26-22(27)15-34-12-11-25-24(30)33-14-20-18-8-4-2-6-16(18)17-7-3-5-9-19(17)20/h2-9,20-21H,10-15H2,1H3,(H,25,30)(H,26,27)(H,28,29). The first kappa shape index (κ1) is 26.6. The summed E-state index contributed by atoms with van der Waals surface area (Å²) in [6.45, 7) is 0.477. The van der Waals surface area contributed by atoms with Crippen LogP contribution < -0.4 is 10.6 Å². The van der Waals surface area contributed by atoms with E-state index in [4.69, 9.17) is 9.84 Å². The molecule has 0 aliphatic heterocycles. The number of ether oxygens (including phenoxy) is 1. The van der Waals surface area contributed by atoms with E-state index in [0.29, 0.717) is 5.75 Å². The first-order valence-corrected chi connectivity index (χ1v) is 14.2. The average Bonchev–Trinajstić information content (AvgIpc) is 3.13. The van der Waals surface area contributed by atoms with Crippen LogP contribution in [0.25, 0.3) is 11.1 Å². The van der Waals surface area contributed by atoms with Crippen LogP contribution in [0.1, 0.15) is 23.5 Å². The van der Waals surface area contributed by atoms with Crippen molar-refractivity contribution in [3.63, 3.8) is 0 Å². The fourth-order valence-electron chi connectivity index (χ4n) is 3.86. The monoisotopic (exact) mass is 520 g/mol. The van der Waals surface area contributed by atoms with Gasteiger partial charge in [0.05, 0.1) is 11.5 Å². The zero-order chi connectivity index (χ0) is 25.4. The summed E-state index contributed by atoms with van der Waals surface area (Å²) in [5.41, 5.74) is 4.54. The number of carbonyl (C=O) groups excluding carboxylic acids is 2. The Kier molecular flexibility index (Phi) is 9.16. The highest BCUT2D eigenvalue weighted by Crippen LogP contribution is 2.44. The zero-order valence-electron chi connectivity index (χ0n) is 19.2. The number of hydrogen-bond donors (Lipinski definition) is 3. The highest BCUT2D eigenvalue weighted by atomic mass is 32.2. The van der Waals surface area contributed by atoms with Crippen molar-refractivity contribution in [2.24, 2.45) is 0 Å². The van der Waals surface area contributed by atoms with Crippen molar-refractivity contribution in [1.82, 2.24) is 10.6 Å². The van der Waals surface area contributed by atoms with Crippen molar-refractivity contribution in [1.29, 1.82) is 0 Å². The third-order valence-electron chi connectivity index (χ3n) is 5.50. The second-order valence-corrected chi connectivity index (χ2v) is 11.5. The number of fused-ring (bicyclic) bond motifs is 3. The van der Waals surface area contributed by atoms with Gasteiger partial charge in [-0.15, -0.1) is 0 Å². The number of benzene rings is 2. The van der Waals surface area contributed by atoms with Gasteiger partial charge in [-0.2, -0.15) is 11.8 Å². The average molecular weight is 521 g/mol. The van der Waals surface area contributed by atoms with Gasteiger partial charge in [0.15, 0.2) is 0 Å². The molecule has 0 saturated heterocycles. The Balaban J connectivity index is 1.36. The van der Waals surface area contributed by atoms with Gasteiger partial charge in [0.25, 0.3) is 0 Å². The van der Waals surface area contributed by atoms with Gasteiger partial charge < -0.3 is 20.5 Å². The lowest BCUT2D eigenvalue weighted by Gasteiger charge is -2.15. The fraction of sp³-hybridized carbons (Fsp3) is 0.375. The smallest absolute Gasteiger partial charge is 0.407 e. The fourth-order valence-corrected chi connectivity index (χ4v) is 5.19. The maximum Gasteiger partial charge on any atom is 0.407 e. The van der Waals surface area contributed by atoms with Crippen molar-refractivity contribution >= 4 is 39.6 Å². The molecule has 1 unspecified atom stereocenters. The minimum absolute atomic E-state index is 0.0188. The lowest BCUT2D eigenvalue weighted by molar-refractivity contribution is -0.141. The molecule has 0 heterocycles. The number of sulfone groups is 1. The van der Waals surface area contributed by atoms with Gasteiger partial charge in [-0.3, -0.25) is 4.79 Å². The molecule has 2 amide bonds. The molecule has 2 aromatic carbocycles. The summed E-state index contributed by atoms with van der Waals surface area (Å²) in [6.07, 6.45) is 0.254. The van der Waals surface area contributed by atoms with Crippen LogP contribution in [0, 0.1) is 0 Å². The molecule has 3 N–H and O–H groups in total. The number of thioether (sulfide) groups is 1. The summed E-state index contributed by atoms with van der Waals surface area (Å²) in [5.74, 6) is -1.77. The molecule has 0 saturated carbocycles. The Morgan fingerprint density at radius 3 is 2.23 bits per heavy atom.